The van der Waals surface area contributed by atoms with Gasteiger partial charge in [0.2, 0.25) is 5.91 Å². The average molecular weight is 533 g/mol. The number of methoxy groups -OCH3 is 1. The summed E-state index contributed by atoms with van der Waals surface area (Å²) in [5, 5.41) is 3.27. The molecule has 210 valence electrons. The summed E-state index contributed by atoms with van der Waals surface area (Å²) in [6, 6.07) is 15.5. The Labute approximate surface area is 233 Å². The summed E-state index contributed by atoms with van der Waals surface area (Å²) in [6.45, 7) is 9.39. The maximum Gasteiger partial charge on any atom is 0.254 e. The SMILES string of the molecule is CCN1CCN(CCCNC(=O)[C@@H]2c3ccccc3C(=O)N(C3CCCCC3)[C@@H]2c2ccc(OC)cc2)CC1. The number of benzene rings is 2. The van der Waals surface area contributed by atoms with Gasteiger partial charge in [-0.3, -0.25) is 9.59 Å². The lowest BCUT2D eigenvalue weighted by molar-refractivity contribution is -0.124. The highest BCUT2D eigenvalue weighted by atomic mass is 16.5. The smallest absolute Gasteiger partial charge is 0.254 e. The second kappa shape index (κ2) is 13.0. The highest BCUT2D eigenvalue weighted by Gasteiger charge is 2.46. The number of hydrogen-bond acceptors (Lipinski definition) is 5. The highest BCUT2D eigenvalue weighted by Crippen LogP contribution is 2.46. The number of likely N-dealkylation sites (N-methyl/N-ethyl adjacent to an activating group) is 1. The molecule has 2 aliphatic heterocycles. The van der Waals surface area contributed by atoms with E-state index in [1.54, 1.807) is 7.11 Å². The summed E-state index contributed by atoms with van der Waals surface area (Å²) in [6.07, 6.45) is 6.34. The molecule has 7 heteroatoms. The number of nitrogens with one attached hydrogen (secondary N) is 1. The van der Waals surface area contributed by atoms with Gasteiger partial charge in [-0.1, -0.05) is 56.5 Å². The van der Waals surface area contributed by atoms with Gasteiger partial charge < -0.3 is 24.8 Å². The lowest BCUT2D eigenvalue weighted by atomic mass is 9.77. The lowest BCUT2D eigenvalue weighted by Gasteiger charge is -2.46. The van der Waals surface area contributed by atoms with Crippen molar-refractivity contribution in [1.82, 2.24) is 20.0 Å². The van der Waals surface area contributed by atoms with E-state index in [4.69, 9.17) is 4.74 Å². The van der Waals surface area contributed by atoms with Crippen LogP contribution in [-0.4, -0.2) is 85.5 Å². The third kappa shape index (κ3) is 6.15. The Kier molecular flexibility index (Phi) is 9.20. The van der Waals surface area contributed by atoms with Crippen molar-refractivity contribution in [1.29, 1.82) is 0 Å². The number of carbonyl (C=O) groups is 2. The van der Waals surface area contributed by atoms with Crippen molar-refractivity contribution in [2.24, 2.45) is 0 Å². The molecule has 2 aromatic carbocycles. The van der Waals surface area contributed by atoms with Crippen LogP contribution in [0.5, 0.6) is 5.75 Å². The highest BCUT2D eigenvalue weighted by molar-refractivity contribution is 6.01. The molecule has 3 aliphatic rings. The van der Waals surface area contributed by atoms with Crippen LogP contribution in [-0.2, 0) is 4.79 Å². The fraction of sp³-hybridized carbons (Fsp3) is 0.562. The van der Waals surface area contributed by atoms with Crippen molar-refractivity contribution in [3.05, 3.63) is 65.2 Å². The molecule has 39 heavy (non-hydrogen) atoms. The molecule has 7 nitrogen and oxygen atoms in total. The average Bonchev–Trinajstić information content (AvgIpc) is 3.00. The van der Waals surface area contributed by atoms with E-state index >= 15 is 0 Å². The first-order valence-corrected chi connectivity index (χ1v) is 14.9. The summed E-state index contributed by atoms with van der Waals surface area (Å²) < 4.78 is 5.41. The standard InChI is InChI=1S/C32H44N4O3/c1-3-34-20-22-35(23-21-34)19-9-18-33-31(37)29-27-12-7-8-13-28(27)32(38)36(25-10-5-4-6-11-25)30(29)24-14-16-26(39-2)17-15-24/h7-8,12-17,25,29-30H,3-6,9-11,18-23H2,1-2H3,(H,33,37)/t29-,30-/m1/s1. The number of nitrogens with zero attached hydrogens (tertiary/aromatic N) is 3. The largest absolute Gasteiger partial charge is 0.497 e. The van der Waals surface area contributed by atoms with Gasteiger partial charge in [0.1, 0.15) is 5.75 Å². The molecule has 0 radical (unpaired) electrons. The van der Waals surface area contributed by atoms with Crippen LogP contribution in [0, 0.1) is 0 Å². The third-order valence-electron chi connectivity index (χ3n) is 8.95. The van der Waals surface area contributed by atoms with E-state index in [2.05, 4.69) is 26.9 Å². The fourth-order valence-corrected chi connectivity index (χ4v) is 6.70. The van der Waals surface area contributed by atoms with E-state index in [0.29, 0.717) is 12.1 Å². The molecule has 2 amide bonds. The Hall–Kier alpha value is -2.90. The van der Waals surface area contributed by atoms with Crippen LogP contribution in [0.4, 0.5) is 0 Å². The molecular weight excluding hydrogens is 488 g/mol. The minimum atomic E-state index is -0.456. The molecular formula is C32H44N4O3. The molecule has 0 aromatic heterocycles. The molecule has 2 fully saturated rings. The van der Waals surface area contributed by atoms with Crippen molar-refractivity contribution >= 4 is 11.8 Å². The Morgan fingerprint density at radius 1 is 0.949 bits per heavy atom. The predicted molar refractivity (Wildman–Crippen MR) is 154 cm³/mol. The molecule has 2 aromatic rings. The van der Waals surface area contributed by atoms with E-state index in [9.17, 15) is 9.59 Å². The number of fused-ring (bicyclic) bond motifs is 1. The first-order chi connectivity index (χ1) is 19.1. The van der Waals surface area contributed by atoms with E-state index in [-0.39, 0.29) is 23.9 Å². The molecule has 0 spiro atoms. The molecule has 1 saturated heterocycles. The zero-order chi connectivity index (χ0) is 27.2. The second-order valence-electron chi connectivity index (χ2n) is 11.2. The first-order valence-electron chi connectivity index (χ1n) is 14.9. The maximum atomic E-state index is 14.0. The third-order valence-corrected chi connectivity index (χ3v) is 8.95. The molecule has 1 saturated carbocycles. The molecule has 5 rings (SSSR count). The van der Waals surface area contributed by atoms with Crippen LogP contribution in [0.2, 0.25) is 0 Å². The van der Waals surface area contributed by atoms with Crippen LogP contribution in [0.25, 0.3) is 0 Å². The minimum Gasteiger partial charge on any atom is -0.497 e. The molecule has 2 atom stereocenters. The van der Waals surface area contributed by atoms with Gasteiger partial charge in [-0.15, -0.1) is 0 Å². The number of amides is 2. The normalized spacial score (nSPS) is 22.9. The molecule has 1 aliphatic carbocycles. The van der Waals surface area contributed by atoms with Crippen molar-refractivity contribution in [2.45, 2.75) is 63.5 Å². The monoisotopic (exact) mass is 532 g/mol. The van der Waals surface area contributed by atoms with E-state index in [1.165, 1.54) is 6.42 Å². The zero-order valence-electron chi connectivity index (χ0n) is 23.6. The fourth-order valence-electron chi connectivity index (χ4n) is 6.70. The number of hydrogen-bond donors (Lipinski definition) is 1. The van der Waals surface area contributed by atoms with Gasteiger partial charge in [0.25, 0.3) is 5.91 Å². The van der Waals surface area contributed by atoms with Gasteiger partial charge in [-0.2, -0.15) is 0 Å². The number of ether oxygens (including phenoxy) is 1. The van der Waals surface area contributed by atoms with E-state index in [1.807, 2.05) is 48.5 Å². The summed E-state index contributed by atoms with van der Waals surface area (Å²) >= 11 is 0. The number of rotatable bonds is 9. The van der Waals surface area contributed by atoms with Crippen molar-refractivity contribution in [3.8, 4) is 5.75 Å². The van der Waals surface area contributed by atoms with Gasteiger partial charge in [0.05, 0.1) is 19.1 Å². The van der Waals surface area contributed by atoms with Crippen molar-refractivity contribution < 1.29 is 14.3 Å². The summed E-state index contributed by atoms with van der Waals surface area (Å²) in [7, 11) is 1.66. The van der Waals surface area contributed by atoms with Gasteiger partial charge in [0.15, 0.2) is 0 Å². The van der Waals surface area contributed by atoms with Gasteiger partial charge >= 0.3 is 0 Å². The van der Waals surface area contributed by atoms with Crippen LogP contribution in [0.1, 0.15) is 78.9 Å². The zero-order valence-corrected chi connectivity index (χ0v) is 23.6. The summed E-state index contributed by atoms with van der Waals surface area (Å²) in [4.78, 5) is 35.1. The van der Waals surface area contributed by atoms with Crippen molar-refractivity contribution in [3.63, 3.8) is 0 Å². The van der Waals surface area contributed by atoms with Gasteiger partial charge in [-0.05, 0) is 61.7 Å². The lowest BCUT2D eigenvalue weighted by Crippen LogP contribution is -2.52. The van der Waals surface area contributed by atoms with Crippen LogP contribution >= 0.6 is 0 Å². The van der Waals surface area contributed by atoms with Crippen LogP contribution in [0.15, 0.2) is 48.5 Å². The van der Waals surface area contributed by atoms with Crippen LogP contribution < -0.4 is 10.1 Å². The van der Waals surface area contributed by atoms with Gasteiger partial charge in [-0.25, -0.2) is 0 Å². The topological polar surface area (TPSA) is 65.1 Å². The van der Waals surface area contributed by atoms with Crippen molar-refractivity contribution in [2.75, 3.05) is 52.9 Å². The second-order valence-corrected chi connectivity index (χ2v) is 11.2. The molecule has 0 bridgehead atoms. The molecule has 1 N–H and O–H groups in total. The number of piperazine rings is 1. The molecule has 2 heterocycles. The Morgan fingerprint density at radius 3 is 2.33 bits per heavy atom. The number of carbonyl (C=O) groups excluding carboxylic acids is 2. The van der Waals surface area contributed by atoms with E-state index < -0.39 is 5.92 Å². The Bertz CT molecular complexity index is 1110. The Morgan fingerprint density at radius 2 is 1.64 bits per heavy atom. The predicted octanol–water partition coefficient (Wildman–Crippen LogP) is 4.45. The first kappa shape index (κ1) is 27.7. The summed E-state index contributed by atoms with van der Waals surface area (Å²) in [5.74, 6) is 0.370. The molecule has 0 unspecified atom stereocenters. The quantitative estimate of drug-likeness (QED) is 0.484. The van der Waals surface area contributed by atoms with Gasteiger partial charge in [0, 0.05) is 44.3 Å². The maximum absolute atomic E-state index is 14.0. The Balaban J connectivity index is 1.38. The van der Waals surface area contributed by atoms with E-state index in [0.717, 1.165) is 88.2 Å². The summed E-state index contributed by atoms with van der Waals surface area (Å²) in [5.41, 5.74) is 2.49. The van der Waals surface area contributed by atoms with Crippen LogP contribution in [0.3, 0.4) is 0 Å². The minimum absolute atomic E-state index is 0.00683.